The molecule has 1 aromatic heterocycles. The van der Waals surface area contributed by atoms with E-state index in [-0.39, 0.29) is 5.75 Å². The van der Waals surface area contributed by atoms with Crippen molar-refractivity contribution in [2.75, 3.05) is 19.4 Å². The topological polar surface area (TPSA) is 166 Å². The number of alkyl halides is 1. The number of nitrogens with one attached hydrogen (secondary N) is 1. The second-order valence-corrected chi connectivity index (χ2v) is 11.1. The van der Waals surface area contributed by atoms with Gasteiger partial charge >= 0.3 is 19.3 Å². The molecule has 12 nitrogen and oxygen atoms in total. The van der Waals surface area contributed by atoms with Crippen LogP contribution >= 0.6 is 7.60 Å². The molecule has 0 spiro atoms. The van der Waals surface area contributed by atoms with Gasteiger partial charge in [0, 0.05) is 0 Å². The molecular weight excluding hydrogens is 533 g/mol. The van der Waals surface area contributed by atoms with Gasteiger partial charge in [0.15, 0.2) is 11.8 Å². The van der Waals surface area contributed by atoms with Crippen LogP contribution in [0, 0.1) is 11.7 Å². The number of halogens is 2. The largest absolute Gasteiger partial charge is 0.463 e. The van der Waals surface area contributed by atoms with Gasteiger partial charge in [-0.25, -0.2) is 13.8 Å². The van der Waals surface area contributed by atoms with Crippen LogP contribution in [-0.2, 0) is 23.4 Å². The molecule has 38 heavy (non-hydrogen) atoms. The molecule has 2 aromatic rings. The van der Waals surface area contributed by atoms with E-state index in [0.29, 0.717) is 10.8 Å². The van der Waals surface area contributed by atoms with Crippen molar-refractivity contribution in [1.29, 1.82) is 0 Å². The molecule has 0 aliphatic carbocycles. The van der Waals surface area contributed by atoms with Crippen molar-refractivity contribution >= 4 is 13.6 Å². The molecule has 210 valence electrons. The van der Waals surface area contributed by atoms with Gasteiger partial charge in [0.1, 0.15) is 24.6 Å². The number of ether oxygens (including phenoxy) is 2. The molecule has 0 bridgehead atoms. The molecule has 3 rings (SSSR count). The molecule has 1 aliphatic heterocycles. The van der Waals surface area contributed by atoms with E-state index < -0.39 is 86.1 Å². The average molecular weight is 562 g/mol. The van der Waals surface area contributed by atoms with Crippen molar-refractivity contribution in [3.63, 3.8) is 0 Å². The number of benzene rings is 1. The Morgan fingerprint density at radius 3 is 2.53 bits per heavy atom. The molecule has 1 aromatic carbocycles. The number of carbonyl (C=O) groups excluding carboxylic acids is 1. The van der Waals surface area contributed by atoms with E-state index in [2.05, 4.69) is 0 Å². The van der Waals surface area contributed by atoms with Crippen molar-refractivity contribution < 1.29 is 46.9 Å². The maximum atomic E-state index is 13.9. The first-order chi connectivity index (χ1) is 17.8. The number of carbonyl (C=O) groups is 1. The Kier molecular flexibility index (Phi) is 9.26. The molecule has 1 fully saturated rings. The summed E-state index contributed by atoms with van der Waals surface area (Å²) >= 11 is 0. The minimum Gasteiger partial charge on any atom is -0.463 e. The summed E-state index contributed by atoms with van der Waals surface area (Å²) in [6.45, 7) is 2.34. The highest BCUT2D eigenvalue weighted by molar-refractivity contribution is 7.54. The van der Waals surface area contributed by atoms with Gasteiger partial charge in [0.25, 0.3) is 5.56 Å². The fraction of sp³-hybridized carbons (Fsp3) is 0.522. The lowest BCUT2D eigenvalue weighted by atomic mass is 9.95. The number of hydrogen-bond acceptors (Lipinski definition) is 10. The third-order valence-corrected chi connectivity index (χ3v) is 7.69. The molecule has 0 radical (unpaired) electrons. The van der Waals surface area contributed by atoms with Gasteiger partial charge in [-0.05, 0) is 26.0 Å². The van der Waals surface area contributed by atoms with E-state index in [0.717, 1.165) is 0 Å². The number of aromatic nitrogens is 2. The lowest BCUT2D eigenvalue weighted by Gasteiger charge is -2.28. The maximum absolute atomic E-state index is 13.9. The Hall–Kier alpha value is -2.90. The minimum absolute atomic E-state index is 0.140. The second kappa shape index (κ2) is 11.9. The zero-order valence-corrected chi connectivity index (χ0v) is 21.7. The fourth-order valence-corrected chi connectivity index (χ4v) is 5.62. The van der Waals surface area contributed by atoms with Crippen LogP contribution in [0.1, 0.15) is 27.0 Å². The van der Waals surface area contributed by atoms with Gasteiger partial charge in [0.2, 0.25) is 5.82 Å². The molecule has 1 unspecified atom stereocenters. The Bertz CT molecular complexity index is 1290. The first-order valence-electron chi connectivity index (χ1n) is 11.6. The summed E-state index contributed by atoms with van der Waals surface area (Å²) in [4.78, 5) is 37.5. The van der Waals surface area contributed by atoms with Gasteiger partial charge in [-0.1, -0.05) is 25.1 Å². The normalized spacial score (nSPS) is 25.6. The van der Waals surface area contributed by atoms with Crippen molar-refractivity contribution in [3.8, 4) is 5.75 Å². The number of aliphatic hydroxyl groups excluding tert-OH is 1. The monoisotopic (exact) mass is 562 g/mol. The average Bonchev–Trinajstić information content (AvgIpc) is 3.10. The molecule has 2 heterocycles. The van der Waals surface area contributed by atoms with Crippen LogP contribution in [0.5, 0.6) is 5.75 Å². The van der Waals surface area contributed by atoms with Crippen molar-refractivity contribution in [1.82, 2.24) is 9.55 Å². The summed E-state index contributed by atoms with van der Waals surface area (Å²) in [5.74, 6) is -2.89. The Labute approximate surface area is 215 Å². The lowest BCUT2D eigenvalue weighted by molar-refractivity contribution is -0.151. The van der Waals surface area contributed by atoms with E-state index >= 15 is 0 Å². The van der Waals surface area contributed by atoms with Gasteiger partial charge in [-0.15, -0.1) is 0 Å². The van der Waals surface area contributed by atoms with E-state index in [9.17, 15) is 37.9 Å². The summed E-state index contributed by atoms with van der Waals surface area (Å²) in [6, 6.07) is 7.87. The molecule has 1 saturated heterocycles. The van der Waals surface area contributed by atoms with Crippen LogP contribution in [0.2, 0.25) is 0 Å². The standard InChI is InChI=1S/C23H29F2N2O10P/c1-13(2)35-20(30)14(3)11-38(33,37-15-7-5-4-6-8-15)34-10-17-18(28)23(32,12-24)21(36-17)27-9-16(25)19(29)26-22(27)31/h4-9,13-14,17-18,21,28,32H,10-12H2,1-3H3,(H,26,29,31)/t14-,17-,18+,21-,23?,38-/m1/s1. The molecule has 15 heteroatoms. The first kappa shape index (κ1) is 29.7. The van der Waals surface area contributed by atoms with Gasteiger partial charge in [-0.2, -0.15) is 4.39 Å². The second-order valence-electron chi connectivity index (χ2n) is 9.12. The van der Waals surface area contributed by atoms with E-state index in [1.807, 2.05) is 0 Å². The number of nitrogens with zero attached hydrogens (tertiary/aromatic N) is 1. The number of rotatable bonds is 11. The van der Waals surface area contributed by atoms with Crippen LogP contribution < -0.4 is 15.8 Å². The van der Waals surface area contributed by atoms with E-state index in [1.165, 1.54) is 19.1 Å². The zero-order chi connectivity index (χ0) is 28.3. The maximum Gasteiger partial charge on any atom is 0.380 e. The Balaban J connectivity index is 1.85. The number of aliphatic hydroxyl groups is 2. The van der Waals surface area contributed by atoms with Crippen LogP contribution in [0.4, 0.5) is 8.78 Å². The molecule has 0 amide bonds. The summed E-state index contributed by atoms with van der Waals surface area (Å²) in [7, 11) is -4.18. The molecule has 1 aliphatic rings. The van der Waals surface area contributed by atoms with Crippen LogP contribution in [-0.4, -0.2) is 69.1 Å². The zero-order valence-electron chi connectivity index (χ0n) is 20.8. The number of aromatic amines is 1. The fourth-order valence-electron chi connectivity index (χ4n) is 3.75. The first-order valence-corrected chi connectivity index (χ1v) is 13.3. The highest BCUT2D eigenvalue weighted by Gasteiger charge is 2.57. The number of para-hydroxylation sites is 1. The summed E-state index contributed by atoms with van der Waals surface area (Å²) in [5, 5.41) is 21.4. The number of H-pyrrole nitrogens is 1. The van der Waals surface area contributed by atoms with Crippen LogP contribution in [0.15, 0.2) is 46.1 Å². The molecular formula is C23H29F2N2O10P. The number of hydrogen-bond donors (Lipinski definition) is 3. The van der Waals surface area contributed by atoms with Gasteiger partial charge < -0.3 is 24.2 Å². The highest BCUT2D eigenvalue weighted by Crippen LogP contribution is 2.51. The van der Waals surface area contributed by atoms with Crippen molar-refractivity contribution in [3.05, 3.63) is 63.2 Å². The highest BCUT2D eigenvalue weighted by atomic mass is 31.2. The van der Waals surface area contributed by atoms with Gasteiger partial charge in [-0.3, -0.25) is 23.7 Å². The predicted octanol–water partition coefficient (Wildman–Crippen LogP) is 1.51. The summed E-state index contributed by atoms with van der Waals surface area (Å²) in [5.41, 5.74) is -5.35. The van der Waals surface area contributed by atoms with Crippen LogP contribution in [0.3, 0.4) is 0 Å². The third-order valence-electron chi connectivity index (χ3n) is 5.66. The quantitative estimate of drug-likeness (QED) is 0.270. The summed E-state index contributed by atoms with van der Waals surface area (Å²) in [6.07, 6.45) is -6.10. The molecule has 6 atom stereocenters. The molecule has 3 N–H and O–H groups in total. The van der Waals surface area contributed by atoms with Gasteiger partial charge in [0.05, 0.1) is 31.0 Å². The molecule has 0 saturated carbocycles. The smallest absolute Gasteiger partial charge is 0.380 e. The SMILES string of the molecule is CC(C)OC(=O)[C@H](C)C[P@@](=O)(OC[C@H]1O[C@@H](n2cc(F)c(=O)[nH]c2=O)C(O)(CF)[C@H]1O)Oc1ccccc1. The van der Waals surface area contributed by atoms with Crippen LogP contribution in [0.25, 0.3) is 0 Å². The predicted molar refractivity (Wildman–Crippen MR) is 128 cm³/mol. The Morgan fingerprint density at radius 2 is 1.92 bits per heavy atom. The minimum atomic E-state index is -4.18. The Morgan fingerprint density at radius 1 is 1.26 bits per heavy atom. The van der Waals surface area contributed by atoms with E-state index in [4.69, 9.17) is 18.5 Å². The van der Waals surface area contributed by atoms with Crippen molar-refractivity contribution in [2.24, 2.45) is 5.92 Å². The number of esters is 1. The third kappa shape index (κ3) is 6.56. The lowest BCUT2D eigenvalue weighted by Crippen LogP contribution is -2.51. The summed E-state index contributed by atoms with van der Waals surface area (Å²) < 4.78 is 63.5. The van der Waals surface area contributed by atoms with Crippen molar-refractivity contribution in [2.45, 2.75) is 50.9 Å². The van der Waals surface area contributed by atoms with E-state index in [1.54, 1.807) is 37.0 Å².